The van der Waals surface area contributed by atoms with Crippen molar-refractivity contribution in [1.29, 1.82) is 0 Å². The molecule has 0 spiro atoms. The first-order chi connectivity index (χ1) is 11.5. The van der Waals surface area contributed by atoms with Crippen molar-refractivity contribution >= 4 is 5.95 Å². The molecule has 24 heavy (non-hydrogen) atoms. The number of ether oxygens (including phenoxy) is 1. The molecule has 7 nitrogen and oxygen atoms in total. The van der Waals surface area contributed by atoms with E-state index in [1.165, 1.54) is 0 Å². The largest absolute Gasteiger partial charge is 0.379 e. The summed E-state index contributed by atoms with van der Waals surface area (Å²) in [7, 11) is 0. The van der Waals surface area contributed by atoms with Gasteiger partial charge in [0.15, 0.2) is 0 Å². The number of anilines is 1. The van der Waals surface area contributed by atoms with E-state index in [2.05, 4.69) is 21.4 Å². The van der Waals surface area contributed by atoms with Crippen molar-refractivity contribution in [3.8, 4) is 0 Å². The van der Waals surface area contributed by atoms with E-state index in [-0.39, 0.29) is 18.0 Å². The molecule has 0 amide bonds. The molecule has 0 radical (unpaired) electrons. The van der Waals surface area contributed by atoms with Gasteiger partial charge < -0.3 is 10.1 Å². The molecule has 1 fully saturated rings. The number of nitrogens with zero attached hydrogens (tertiary/aromatic N) is 2. The first kappa shape index (κ1) is 16.4. The van der Waals surface area contributed by atoms with Crippen LogP contribution in [0.25, 0.3) is 0 Å². The topological polar surface area (TPSA) is 89.0 Å². The smallest absolute Gasteiger partial charge is 0.355 e. The maximum Gasteiger partial charge on any atom is 0.355 e. The molecule has 0 bridgehead atoms. The number of benzene rings is 1. The molecule has 1 aromatic carbocycles. The molecule has 0 aliphatic carbocycles. The van der Waals surface area contributed by atoms with Crippen LogP contribution in [-0.4, -0.2) is 27.7 Å². The van der Waals surface area contributed by atoms with Gasteiger partial charge in [-0.05, 0) is 32.3 Å². The van der Waals surface area contributed by atoms with Crippen LogP contribution in [0, 0.1) is 6.92 Å². The summed E-state index contributed by atoms with van der Waals surface area (Å²) in [6.07, 6.45) is 1.58. The molecule has 1 unspecified atom stereocenters. The molecule has 2 N–H and O–H groups in total. The zero-order valence-electron chi connectivity index (χ0n) is 13.9. The minimum absolute atomic E-state index is 0.0821. The van der Waals surface area contributed by atoms with Gasteiger partial charge in [-0.3, -0.25) is 4.98 Å². The predicted octanol–water partition coefficient (Wildman–Crippen LogP) is 1.76. The van der Waals surface area contributed by atoms with Gasteiger partial charge in [-0.2, -0.15) is 4.98 Å². The van der Waals surface area contributed by atoms with E-state index in [4.69, 9.17) is 4.74 Å². The van der Waals surface area contributed by atoms with Crippen molar-refractivity contribution in [2.75, 3.05) is 18.5 Å². The molecule has 1 saturated heterocycles. The highest BCUT2D eigenvalue weighted by Crippen LogP contribution is 2.18. The van der Waals surface area contributed by atoms with Crippen LogP contribution < -0.4 is 16.7 Å². The summed E-state index contributed by atoms with van der Waals surface area (Å²) in [5, 5.41) is 3.09. The van der Waals surface area contributed by atoms with Gasteiger partial charge in [0.05, 0.1) is 18.7 Å². The Morgan fingerprint density at radius 1 is 1.42 bits per heavy atom. The summed E-state index contributed by atoms with van der Waals surface area (Å²) < 4.78 is 6.51. The van der Waals surface area contributed by atoms with E-state index in [0.717, 1.165) is 28.5 Å². The van der Waals surface area contributed by atoms with Crippen LogP contribution in [0.1, 0.15) is 43.0 Å². The number of nitrogens with one attached hydrogen (secondary N) is 2. The second-order valence-electron chi connectivity index (χ2n) is 6.19. The van der Waals surface area contributed by atoms with E-state index < -0.39 is 11.4 Å². The minimum Gasteiger partial charge on any atom is -0.379 e. The van der Waals surface area contributed by atoms with E-state index in [1.54, 1.807) is 0 Å². The fraction of sp³-hybridized carbons (Fsp3) is 0.471. The summed E-state index contributed by atoms with van der Waals surface area (Å²) >= 11 is 0. The highest BCUT2D eigenvalue weighted by atomic mass is 16.5. The van der Waals surface area contributed by atoms with Crippen LogP contribution in [-0.2, 0) is 4.74 Å². The Kier molecular flexibility index (Phi) is 4.80. The van der Waals surface area contributed by atoms with Gasteiger partial charge in [0.1, 0.15) is 0 Å². The summed E-state index contributed by atoms with van der Waals surface area (Å²) in [4.78, 5) is 31.2. The summed E-state index contributed by atoms with van der Waals surface area (Å²) in [6, 6.07) is 7.70. The quantitative estimate of drug-likeness (QED) is 0.892. The van der Waals surface area contributed by atoms with Crippen LogP contribution in [0.4, 0.5) is 5.95 Å². The fourth-order valence-electron chi connectivity index (χ4n) is 2.97. The molecule has 1 aliphatic heterocycles. The summed E-state index contributed by atoms with van der Waals surface area (Å²) in [5.41, 5.74) is 1.20. The lowest BCUT2D eigenvalue weighted by Gasteiger charge is -2.23. The first-order valence-corrected chi connectivity index (χ1v) is 8.18. The maximum atomic E-state index is 12.3. The lowest BCUT2D eigenvalue weighted by atomic mass is 10.1. The average molecular weight is 330 g/mol. The van der Waals surface area contributed by atoms with Crippen molar-refractivity contribution in [2.24, 2.45) is 0 Å². The molecule has 1 aromatic heterocycles. The van der Waals surface area contributed by atoms with Gasteiger partial charge in [0.25, 0.3) is 0 Å². The minimum atomic E-state index is -0.548. The van der Waals surface area contributed by atoms with Gasteiger partial charge in [0.2, 0.25) is 5.95 Å². The third-order valence-corrected chi connectivity index (χ3v) is 4.25. The molecule has 3 rings (SSSR count). The van der Waals surface area contributed by atoms with Crippen molar-refractivity contribution in [1.82, 2.24) is 14.5 Å². The van der Waals surface area contributed by atoms with E-state index in [1.807, 2.05) is 32.0 Å². The summed E-state index contributed by atoms with van der Waals surface area (Å²) in [6.45, 7) is 5.01. The highest BCUT2D eigenvalue weighted by molar-refractivity contribution is 5.32. The number of rotatable bonds is 4. The molecule has 2 atom stereocenters. The number of aryl methyl sites for hydroxylation is 1. The van der Waals surface area contributed by atoms with Gasteiger partial charge in [-0.15, -0.1) is 0 Å². The third-order valence-electron chi connectivity index (χ3n) is 4.25. The maximum absolute atomic E-state index is 12.3. The van der Waals surface area contributed by atoms with E-state index in [0.29, 0.717) is 13.2 Å². The van der Waals surface area contributed by atoms with Crippen molar-refractivity contribution in [3.63, 3.8) is 0 Å². The molecular formula is C17H22N4O3. The Bertz CT molecular complexity index is 790. The molecule has 128 valence electrons. The Morgan fingerprint density at radius 3 is 2.92 bits per heavy atom. The van der Waals surface area contributed by atoms with Crippen LogP contribution in [0.3, 0.4) is 0 Å². The molecule has 7 heteroatoms. The Morgan fingerprint density at radius 2 is 2.25 bits per heavy atom. The summed E-state index contributed by atoms with van der Waals surface area (Å²) in [5.74, 6) is 0.187. The zero-order chi connectivity index (χ0) is 17.1. The second kappa shape index (κ2) is 7.00. The monoisotopic (exact) mass is 330 g/mol. The number of aromatic amines is 1. The number of H-pyrrole nitrogens is 1. The van der Waals surface area contributed by atoms with Crippen molar-refractivity contribution < 1.29 is 4.74 Å². The average Bonchev–Trinajstić information content (AvgIpc) is 2.55. The lowest BCUT2D eigenvalue weighted by Crippen LogP contribution is -2.42. The predicted molar refractivity (Wildman–Crippen MR) is 91.4 cm³/mol. The Balaban J connectivity index is 1.82. The van der Waals surface area contributed by atoms with Crippen molar-refractivity contribution in [3.05, 3.63) is 56.4 Å². The van der Waals surface area contributed by atoms with Gasteiger partial charge >= 0.3 is 11.4 Å². The van der Waals surface area contributed by atoms with Crippen LogP contribution in [0.2, 0.25) is 0 Å². The highest BCUT2D eigenvalue weighted by Gasteiger charge is 2.20. The zero-order valence-corrected chi connectivity index (χ0v) is 13.9. The number of hydrogen-bond acceptors (Lipinski definition) is 5. The van der Waals surface area contributed by atoms with Gasteiger partial charge in [0, 0.05) is 6.61 Å². The van der Waals surface area contributed by atoms with Gasteiger partial charge in [-0.25, -0.2) is 14.2 Å². The normalized spacial score (nSPS) is 19.0. The van der Waals surface area contributed by atoms with Crippen LogP contribution in [0.15, 0.2) is 33.9 Å². The first-order valence-electron chi connectivity index (χ1n) is 8.18. The Hall–Kier alpha value is -2.41. The lowest BCUT2D eigenvalue weighted by molar-refractivity contribution is 0.0559. The standard InChI is InChI=1S/C17H22N4O3/c1-11-5-3-6-13(9-11)12(2)18-15-19-16(22)21(17(23)20-15)14-7-4-8-24-10-14/h3,5-6,9,12,14H,4,7-8,10H2,1-2H3,(H2,18,19,20,22,23)/t12-,14?/m0/s1. The molecule has 0 saturated carbocycles. The van der Waals surface area contributed by atoms with Crippen LogP contribution >= 0.6 is 0 Å². The van der Waals surface area contributed by atoms with Crippen LogP contribution in [0.5, 0.6) is 0 Å². The molecular weight excluding hydrogens is 308 g/mol. The third kappa shape index (κ3) is 3.56. The Labute approximate surface area is 139 Å². The van der Waals surface area contributed by atoms with E-state index in [9.17, 15) is 9.59 Å². The number of aromatic nitrogens is 3. The van der Waals surface area contributed by atoms with Gasteiger partial charge in [-0.1, -0.05) is 29.8 Å². The fourth-order valence-corrected chi connectivity index (χ4v) is 2.97. The number of hydrogen-bond donors (Lipinski definition) is 2. The molecule has 2 aromatic rings. The van der Waals surface area contributed by atoms with E-state index >= 15 is 0 Å². The second-order valence-corrected chi connectivity index (χ2v) is 6.19. The molecule has 1 aliphatic rings. The molecule has 2 heterocycles. The van der Waals surface area contributed by atoms with Crippen molar-refractivity contribution in [2.45, 2.75) is 38.8 Å². The SMILES string of the molecule is Cc1cccc([C@H](C)Nc2nc(=O)n(C3CCCOC3)c(=O)[nH]2)c1.